The minimum atomic E-state index is 0.264. The third-order valence-corrected chi connectivity index (χ3v) is 7.24. The second-order valence-corrected chi connectivity index (χ2v) is 10.1. The molecule has 0 aliphatic carbocycles. The number of rotatable bonds is 8. The van der Waals surface area contributed by atoms with Gasteiger partial charge in [0.15, 0.2) is 0 Å². The van der Waals surface area contributed by atoms with Gasteiger partial charge in [0.25, 0.3) is 0 Å². The average Bonchev–Trinajstić information content (AvgIpc) is 3.38. The smallest absolute Gasteiger partial charge is 0.230 e. The maximum Gasteiger partial charge on any atom is 0.230 e. The molecule has 5 aromatic rings. The van der Waals surface area contributed by atoms with E-state index in [1.807, 2.05) is 66.0 Å². The first kappa shape index (κ1) is 24.3. The molecule has 36 heavy (non-hydrogen) atoms. The van der Waals surface area contributed by atoms with Crippen LogP contribution >= 0.6 is 22.9 Å². The van der Waals surface area contributed by atoms with E-state index >= 15 is 0 Å². The van der Waals surface area contributed by atoms with Gasteiger partial charge in [-0.25, -0.2) is 9.98 Å². The molecular formula is C30H27ClN2O2S. The first-order chi connectivity index (χ1) is 17.6. The fourth-order valence-corrected chi connectivity index (χ4v) is 5.12. The Bertz CT molecular complexity index is 1540. The van der Waals surface area contributed by atoms with Crippen LogP contribution in [0.1, 0.15) is 38.2 Å². The molecule has 0 bridgehead atoms. The molecule has 0 fully saturated rings. The predicted molar refractivity (Wildman–Crippen MR) is 149 cm³/mol. The lowest BCUT2D eigenvalue weighted by Crippen LogP contribution is -2.05. The number of aromatic nitrogens is 1. The number of fused-ring (bicyclic) bond motifs is 1. The Balaban J connectivity index is 1.61. The number of aryl methyl sites for hydroxylation is 1. The Kier molecular flexibility index (Phi) is 7.49. The fraction of sp³-hybridized carbons (Fsp3) is 0.200. The summed E-state index contributed by atoms with van der Waals surface area (Å²) in [6, 6.07) is 23.2. The van der Waals surface area contributed by atoms with E-state index in [1.165, 1.54) is 12.8 Å². The van der Waals surface area contributed by atoms with Crippen LogP contribution in [0.4, 0.5) is 5.69 Å². The van der Waals surface area contributed by atoms with Crippen molar-refractivity contribution in [2.45, 2.75) is 39.0 Å². The number of aromatic hydroxyl groups is 1. The molecule has 0 saturated heterocycles. The molecule has 0 saturated carbocycles. The third kappa shape index (κ3) is 5.53. The summed E-state index contributed by atoms with van der Waals surface area (Å²) in [7, 11) is 0. The summed E-state index contributed by atoms with van der Waals surface area (Å²) in [5.74, 6) is 0.264. The number of phenolic OH excluding ortho intramolecular Hbond substituents is 1. The maximum atomic E-state index is 10.7. The van der Waals surface area contributed by atoms with Gasteiger partial charge in [-0.3, -0.25) is 0 Å². The minimum absolute atomic E-state index is 0.264. The highest BCUT2D eigenvalue weighted by molar-refractivity contribution is 7.13. The number of unbranched alkanes of at least 4 members (excludes halogenated alkanes) is 3. The quantitative estimate of drug-likeness (QED) is 0.210. The van der Waals surface area contributed by atoms with E-state index in [2.05, 4.69) is 13.0 Å². The lowest BCUT2D eigenvalue weighted by molar-refractivity contribution is 0.464. The maximum absolute atomic E-state index is 10.7. The van der Waals surface area contributed by atoms with Crippen molar-refractivity contribution in [2.24, 2.45) is 4.99 Å². The average molecular weight is 515 g/mol. The van der Waals surface area contributed by atoms with Crippen LogP contribution in [-0.4, -0.2) is 10.1 Å². The highest BCUT2D eigenvalue weighted by Crippen LogP contribution is 2.32. The van der Waals surface area contributed by atoms with E-state index in [1.54, 1.807) is 17.4 Å². The lowest BCUT2D eigenvalue weighted by atomic mass is 10.0. The molecule has 3 aromatic carbocycles. The number of nitrogens with zero attached hydrogens (tertiary/aromatic N) is 2. The van der Waals surface area contributed by atoms with Gasteiger partial charge in [0.1, 0.15) is 16.3 Å². The molecule has 182 valence electrons. The van der Waals surface area contributed by atoms with Crippen molar-refractivity contribution in [2.75, 3.05) is 0 Å². The highest BCUT2D eigenvalue weighted by Gasteiger charge is 2.14. The number of hydrogen-bond donors (Lipinski definition) is 1. The Labute approximate surface area is 219 Å². The van der Waals surface area contributed by atoms with Crippen molar-refractivity contribution in [3.05, 3.63) is 94.3 Å². The van der Waals surface area contributed by atoms with Crippen molar-refractivity contribution in [1.82, 2.24) is 4.98 Å². The van der Waals surface area contributed by atoms with E-state index < -0.39 is 0 Å². The summed E-state index contributed by atoms with van der Waals surface area (Å²) >= 11 is 7.61. The normalized spacial score (nSPS) is 11.9. The number of hydrogen-bond acceptors (Lipinski definition) is 5. The van der Waals surface area contributed by atoms with Gasteiger partial charge in [-0.2, -0.15) is 0 Å². The van der Waals surface area contributed by atoms with E-state index in [-0.39, 0.29) is 5.75 Å². The summed E-state index contributed by atoms with van der Waals surface area (Å²) in [6.07, 6.45) is 5.44. The molecule has 1 N–H and O–H groups in total. The van der Waals surface area contributed by atoms with Gasteiger partial charge in [0.2, 0.25) is 5.55 Å². The van der Waals surface area contributed by atoms with Crippen LogP contribution < -0.4 is 5.55 Å². The highest BCUT2D eigenvalue weighted by atomic mass is 35.5. The van der Waals surface area contributed by atoms with Crippen LogP contribution in [0.3, 0.4) is 0 Å². The molecule has 0 spiro atoms. The van der Waals surface area contributed by atoms with Gasteiger partial charge in [0.05, 0.1) is 16.9 Å². The van der Waals surface area contributed by atoms with Crippen molar-refractivity contribution in [3.8, 4) is 27.6 Å². The van der Waals surface area contributed by atoms with Gasteiger partial charge >= 0.3 is 0 Å². The van der Waals surface area contributed by atoms with Crippen LogP contribution in [0.15, 0.2) is 87.6 Å². The Morgan fingerprint density at radius 3 is 2.56 bits per heavy atom. The molecule has 0 atom stereocenters. The Hall–Kier alpha value is -3.41. The van der Waals surface area contributed by atoms with Crippen molar-refractivity contribution in [3.63, 3.8) is 0 Å². The molecule has 4 nitrogen and oxygen atoms in total. The predicted octanol–water partition coefficient (Wildman–Crippen LogP) is 8.94. The topological polar surface area (TPSA) is 58.6 Å². The molecule has 2 aromatic heterocycles. The molecule has 0 unspecified atom stereocenters. The standard InChI is InChI=1S/C30H27ClN2O2S/c1-2-3-4-6-9-21-16-22-17-25(30-33-26(19-36-30)20-12-14-23(31)15-13-20)29(35-28(22)18-27(21)34)32-24-10-7-5-8-11-24/h5,7-8,10-19,34H,2-4,6,9H2,1H3. The largest absolute Gasteiger partial charge is 0.508 e. The first-order valence-electron chi connectivity index (χ1n) is 12.2. The molecule has 2 heterocycles. The van der Waals surface area contributed by atoms with Gasteiger partial charge in [-0.1, -0.05) is 68.1 Å². The monoisotopic (exact) mass is 514 g/mol. The van der Waals surface area contributed by atoms with Gasteiger partial charge in [0, 0.05) is 27.4 Å². The van der Waals surface area contributed by atoms with E-state index in [0.29, 0.717) is 16.2 Å². The zero-order chi connectivity index (χ0) is 24.9. The second-order valence-electron chi connectivity index (χ2n) is 8.79. The van der Waals surface area contributed by atoms with Gasteiger partial charge in [-0.05, 0) is 54.8 Å². The molecule has 6 heteroatoms. The van der Waals surface area contributed by atoms with Gasteiger partial charge in [-0.15, -0.1) is 11.3 Å². The Morgan fingerprint density at radius 1 is 0.972 bits per heavy atom. The summed E-state index contributed by atoms with van der Waals surface area (Å²) in [6.45, 7) is 2.20. The van der Waals surface area contributed by atoms with Crippen LogP contribution in [0.25, 0.3) is 32.8 Å². The minimum Gasteiger partial charge on any atom is -0.508 e. The van der Waals surface area contributed by atoms with Crippen LogP contribution in [0.5, 0.6) is 5.75 Å². The zero-order valence-corrected chi connectivity index (χ0v) is 21.6. The van der Waals surface area contributed by atoms with Crippen LogP contribution in [0.2, 0.25) is 5.02 Å². The molecule has 0 amide bonds. The number of thiazole rings is 1. The number of para-hydroxylation sites is 1. The summed E-state index contributed by atoms with van der Waals surface area (Å²) in [5, 5.41) is 15.1. The van der Waals surface area contributed by atoms with Crippen molar-refractivity contribution >= 4 is 39.6 Å². The summed E-state index contributed by atoms with van der Waals surface area (Å²) < 4.78 is 6.28. The molecule has 0 aliphatic heterocycles. The SMILES string of the molecule is CCCCCCc1cc2cc(-c3nc(-c4ccc(Cl)cc4)cs3)c(=Nc3ccccc3)oc2cc1O. The molecule has 0 aliphatic rings. The summed E-state index contributed by atoms with van der Waals surface area (Å²) in [4.78, 5) is 9.69. The van der Waals surface area contributed by atoms with Gasteiger partial charge < -0.3 is 9.52 Å². The molecule has 5 rings (SSSR count). The Morgan fingerprint density at radius 2 is 1.78 bits per heavy atom. The lowest BCUT2D eigenvalue weighted by Gasteiger charge is -2.08. The van der Waals surface area contributed by atoms with E-state index in [9.17, 15) is 5.11 Å². The van der Waals surface area contributed by atoms with E-state index in [4.69, 9.17) is 26.0 Å². The van der Waals surface area contributed by atoms with E-state index in [0.717, 1.165) is 57.7 Å². The zero-order valence-electron chi connectivity index (χ0n) is 20.1. The first-order valence-corrected chi connectivity index (χ1v) is 13.5. The second kappa shape index (κ2) is 11.1. The van der Waals surface area contributed by atoms with Crippen molar-refractivity contribution in [1.29, 1.82) is 0 Å². The fourth-order valence-electron chi connectivity index (χ4n) is 4.16. The van der Waals surface area contributed by atoms with Crippen LogP contribution in [-0.2, 0) is 6.42 Å². The third-order valence-electron chi connectivity index (χ3n) is 6.11. The van der Waals surface area contributed by atoms with Crippen LogP contribution in [0, 0.1) is 0 Å². The number of halogens is 1. The number of phenols is 1. The van der Waals surface area contributed by atoms with Crippen molar-refractivity contribution < 1.29 is 9.52 Å². The summed E-state index contributed by atoms with van der Waals surface area (Å²) in [5.41, 5.74) is 5.47. The molecular weight excluding hydrogens is 488 g/mol. The molecule has 0 radical (unpaired) electrons. The number of benzene rings is 3.